The quantitative estimate of drug-likeness (QED) is 0.594. The van der Waals surface area contributed by atoms with Crippen molar-refractivity contribution in [3.63, 3.8) is 0 Å². The number of allylic oxidation sites excluding steroid dienone is 3. The van der Waals surface area contributed by atoms with E-state index in [9.17, 15) is 13.2 Å². The monoisotopic (exact) mass is 292 g/mol. The Morgan fingerprint density at radius 3 is 2.33 bits per heavy atom. The molecule has 0 spiro atoms. The zero-order valence-electron chi connectivity index (χ0n) is 12.3. The van der Waals surface area contributed by atoms with Gasteiger partial charge in [-0.2, -0.15) is 13.2 Å². The zero-order valence-corrected chi connectivity index (χ0v) is 12.3. The Hall–Kier alpha value is -1.77. The molecule has 1 aromatic rings. The van der Waals surface area contributed by atoms with E-state index in [-0.39, 0.29) is 11.5 Å². The van der Waals surface area contributed by atoms with Crippen LogP contribution in [0.3, 0.4) is 0 Å². The van der Waals surface area contributed by atoms with Gasteiger partial charge in [0, 0.05) is 0 Å². The molecule has 0 amide bonds. The third-order valence-electron chi connectivity index (χ3n) is 3.84. The second kappa shape index (κ2) is 5.55. The van der Waals surface area contributed by atoms with Gasteiger partial charge in [0.15, 0.2) is 0 Å². The van der Waals surface area contributed by atoms with Gasteiger partial charge in [-0.05, 0) is 60.9 Å². The molecule has 0 atom stereocenters. The molecule has 3 heteroatoms. The summed E-state index contributed by atoms with van der Waals surface area (Å²) in [6, 6.07) is 3.17. The van der Waals surface area contributed by atoms with Crippen LogP contribution in [0.5, 0.6) is 0 Å². The Bertz CT molecular complexity index is 614. The lowest BCUT2D eigenvalue weighted by atomic mass is 9.95. The Morgan fingerprint density at radius 1 is 1.24 bits per heavy atom. The summed E-state index contributed by atoms with van der Waals surface area (Å²) >= 11 is 0. The van der Waals surface area contributed by atoms with Crippen LogP contribution in [0.25, 0.3) is 6.08 Å². The van der Waals surface area contributed by atoms with Crippen molar-refractivity contribution in [2.45, 2.75) is 38.8 Å². The van der Waals surface area contributed by atoms with Crippen molar-refractivity contribution in [3.05, 3.63) is 64.8 Å². The van der Waals surface area contributed by atoms with Gasteiger partial charge in [0.25, 0.3) is 0 Å². The topological polar surface area (TPSA) is 0 Å². The van der Waals surface area contributed by atoms with Gasteiger partial charge in [0.1, 0.15) is 0 Å². The second-order valence-corrected chi connectivity index (χ2v) is 5.69. The summed E-state index contributed by atoms with van der Waals surface area (Å²) in [6.07, 6.45) is 1.06. The predicted molar refractivity (Wildman–Crippen MR) is 81.1 cm³/mol. The van der Waals surface area contributed by atoms with Crippen LogP contribution in [0.15, 0.2) is 42.5 Å². The van der Waals surface area contributed by atoms with Gasteiger partial charge in [0.2, 0.25) is 0 Å². The van der Waals surface area contributed by atoms with Gasteiger partial charge in [0.05, 0.1) is 5.56 Å². The molecule has 0 N–H and O–H groups in total. The maximum Gasteiger partial charge on any atom is 0.416 e. The molecule has 1 aliphatic carbocycles. The number of alkyl halides is 3. The molecule has 0 radical (unpaired) electrons. The van der Waals surface area contributed by atoms with Crippen molar-refractivity contribution in [1.29, 1.82) is 0 Å². The van der Waals surface area contributed by atoms with E-state index < -0.39 is 11.7 Å². The van der Waals surface area contributed by atoms with Crippen LogP contribution in [0.2, 0.25) is 0 Å². The van der Waals surface area contributed by atoms with Crippen molar-refractivity contribution < 1.29 is 13.2 Å². The maximum absolute atomic E-state index is 13.2. The Kier molecular flexibility index (Phi) is 4.13. The third kappa shape index (κ3) is 3.66. The summed E-state index contributed by atoms with van der Waals surface area (Å²) in [5, 5.41) is 0. The molecule has 0 heterocycles. The first-order valence-corrected chi connectivity index (χ1v) is 6.94. The van der Waals surface area contributed by atoms with Gasteiger partial charge in [-0.3, -0.25) is 0 Å². The summed E-state index contributed by atoms with van der Waals surface area (Å²) in [4.78, 5) is 0. The lowest BCUT2D eigenvalue weighted by Gasteiger charge is -2.15. The smallest absolute Gasteiger partial charge is 0.166 e. The summed E-state index contributed by atoms with van der Waals surface area (Å²) in [7, 11) is 0. The van der Waals surface area contributed by atoms with E-state index in [0.717, 1.165) is 29.6 Å². The Balaban J connectivity index is 2.46. The lowest BCUT2D eigenvalue weighted by Crippen LogP contribution is -2.09. The summed E-state index contributed by atoms with van der Waals surface area (Å²) in [5.41, 5.74) is 2.64. The average Bonchev–Trinajstić information content (AvgIpc) is 3.19. The van der Waals surface area contributed by atoms with Crippen molar-refractivity contribution in [1.82, 2.24) is 0 Å². The second-order valence-electron chi connectivity index (χ2n) is 5.69. The number of halogens is 3. The molecule has 1 fully saturated rings. The summed E-state index contributed by atoms with van der Waals surface area (Å²) in [5.74, 6) is 0.281. The highest BCUT2D eigenvalue weighted by Crippen LogP contribution is 2.43. The molecule has 0 unspecified atom stereocenters. The molecule has 1 saturated carbocycles. The molecule has 2 rings (SSSR count). The number of rotatable bonds is 4. The number of hydrogen-bond donors (Lipinski definition) is 0. The normalized spacial score (nSPS) is 15.5. The molecule has 0 aromatic heterocycles. The molecular weight excluding hydrogens is 273 g/mol. The van der Waals surface area contributed by atoms with Gasteiger partial charge in [-0.1, -0.05) is 36.9 Å². The van der Waals surface area contributed by atoms with Crippen molar-refractivity contribution >= 4 is 6.08 Å². The maximum atomic E-state index is 13.2. The summed E-state index contributed by atoms with van der Waals surface area (Å²) in [6.45, 7) is 10.9. The van der Waals surface area contributed by atoms with Crippen molar-refractivity contribution in [3.8, 4) is 0 Å². The minimum atomic E-state index is -4.32. The molecule has 0 nitrogen and oxygen atoms in total. The van der Waals surface area contributed by atoms with Crippen molar-refractivity contribution in [2.75, 3.05) is 0 Å². The first-order chi connectivity index (χ1) is 9.70. The predicted octanol–water partition coefficient (Wildman–Crippen LogP) is 6.04. The molecule has 1 aliphatic rings. The van der Waals surface area contributed by atoms with Crippen molar-refractivity contribution in [2.24, 2.45) is 0 Å². The minimum absolute atomic E-state index is 0.262. The zero-order chi connectivity index (χ0) is 15.8. The highest BCUT2D eigenvalue weighted by Gasteiger charge is 2.35. The Labute approximate surface area is 123 Å². The number of benzene rings is 1. The van der Waals surface area contributed by atoms with Crippen LogP contribution in [0, 0.1) is 6.92 Å². The van der Waals surface area contributed by atoms with E-state index >= 15 is 0 Å². The van der Waals surface area contributed by atoms with Gasteiger partial charge in [-0.15, -0.1) is 0 Å². The SMILES string of the molecule is C=C(C)C(=C)/C=C\c1cc(C2CC2)cc(C(F)(F)F)c1C. The molecular formula is C18H19F3. The van der Waals surface area contributed by atoms with Crippen LogP contribution in [-0.4, -0.2) is 0 Å². The first kappa shape index (κ1) is 15.6. The highest BCUT2D eigenvalue weighted by molar-refractivity contribution is 5.61. The molecule has 21 heavy (non-hydrogen) atoms. The van der Waals surface area contributed by atoms with Gasteiger partial charge < -0.3 is 0 Å². The largest absolute Gasteiger partial charge is 0.416 e. The van der Waals surface area contributed by atoms with Gasteiger partial charge in [-0.25, -0.2) is 0 Å². The van der Waals surface area contributed by atoms with E-state index in [4.69, 9.17) is 0 Å². The van der Waals surface area contributed by atoms with E-state index in [2.05, 4.69) is 13.2 Å². The fraction of sp³-hybridized carbons (Fsp3) is 0.333. The Morgan fingerprint density at radius 2 is 1.86 bits per heavy atom. The van der Waals surface area contributed by atoms with E-state index in [0.29, 0.717) is 5.56 Å². The van der Waals surface area contributed by atoms with Crippen LogP contribution >= 0.6 is 0 Å². The fourth-order valence-electron chi connectivity index (χ4n) is 2.21. The van der Waals surface area contributed by atoms with Gasteiger partial charge >= 0.3 is 6.18 Å². The molecule has 0 bridgehead atoms. The van der Waals surface area contributed by atoms with E-state index in [1.54, 1.807) is 12.2 Å². The standard InChI is InChI=1S/C18H19F3/c1-11(2)12(3)5-6-15-9-16(14-7-8-14)10-17(13(15)4)18(19,20)21/h5-6,9-10,14H,1,3,7-8H2,2,4H3/b6-5-. The molecule has 112 valence electrons. The average molecular weight is 292 g/mol. The molecule has 0 saturated heterocycles. The van der Waals surface area contributed by atoms with Crippen LogP contribution in [0.4, 0.5) is 13.2 Å². The minimum Gasteiger partial charge on any atom is -0.166 e. The van der Waals surface area contributed by atoms with Crippen LogP contribution in [-0.2, 0) is 6.18 Å². The highest BCUT2D eigenvalue weighted by atomic mass is 19.4. The summed E-state index contributed by atoms with van der Waals surface area (Å²) < 4.78 is 39.5. The number of hydrogen-bond acceptors (Lipinski definition) is 0. The molecule has 1 aromatic carbocycles. The van der Waals surface area contributed by atoms with E-state index in [1.165, 1.54) is 13.0 Å². The third-order valence-corrected chi connectivity index (χ3v) is 3.84. The van der Waals surface area contributed by atoms with E-state index in [1.807, 2.05) is 13.0 Å². The lowest BCUT2D eigenvalue weighted by molar-refractivity contribution is -0.138. The molecule has 0 aliphatic heterocycles. The van der Waals surface area contributed by atoms with Crippen LogP contribution in [0.1, 0.15) is 47.9 Å². The van der Waals surface area contributed by atoms with Crippen LogP contribution < -0.4 is 0 Å². The first-order valence-electron chi connectivity index (χ1n) is 6.94. The fourth-order valence-corrected chi connectivity index (χ4v) is 2.21.